The van der Waals surface area contributed by atoms with Crippen LogP contribution in [0.4, 0.5) is 5.82 Å². The molecule has 0 atom stereocenters. The summed E-state index contributed by atoms with van der Waals surface area (Å²) < 4.78 is 5.65. The van der Waals surface area contributed by atoms with Gasteiger partial charge in [0.1, 0.15) is 17.3 Å². The third kappa shape index (κ3) is 2.33. The van der Waals surface area contributed by atoms with Crippen molar-refractivity contribution in [3.63, 3.8) is 0 Å². The van der Waals surface area contributed by atoms with Crippen LogP contribution in [0.2, 0.25) is 0 Å². The predicted molar refractivity (Wildman–Crippen MR) is 75.4 cm³/mol. The highest BCUT2D eigenvalue weighted by molar-refractivity contribution is 6.07. The standard InChI is InChI=1S/C15H13N3O2/c1-10-9-12(15(19)17-13-7-8-16-18-13)14(20-10)11-5-3-2-4-6-11/h2-9H,1H3,(H2,16,17,18,19). The van der Waals surface area contributed by atoms with Crippen LogP contribution in [-0.2, 0) is 0 Å². The van der Waals surface area contributed by atoms with E-state index in [1.165, 1.54) is 0 Å². The van der Waals surface area contributed by atoms with Gasteiger partial charge in [0.15, 0.2) is 0 Å². The molecule has 0 aliphatic heterocycles. The maximum atomic E-state index is 12.3. The minimum atomic E-state index is -0.232. The van der Waals surface area contributed by atoms with Gasteiger partial charge in [-0.25, -0.2) is 0 Å². The Balaban J connectivity index is 1.96. The third-order valence-electron chi connectivity index (χ3n) is 2.88. The van der Waals surface area contributed by atoms with Crippen LogP contribution in [0.5, 0.6) is 0 Å². The van der Waals surface area contributed by atoms with Crippen molar-refractivity contribution in [2.45, 2.75) is 6.92 Å². The monoisotopic (exact) mass is 267 g/mol. The van der Waals surface area contributed by atoms with Crippen LogP contribution in [0.25, 0.3) is 11.3 Å². The smallest absolute Gasteiger partial charge is 0.260 e. The van der Waals surface area contributed by atoms with Crippen molar-refractivity contribution >= 4 is 11.7 Å². The number of furan rings is 1. The number of hydrogen-bond acceptors (Lipinski definition) is 3. The number of hydrogen-bond donors (Lipinski definition) is 2. The molecule has 5 nitrogen and oxygen atoms in total. The van der Waals surface area contributed by atoms with E-state index in [9.17, 15) is 4.79 Å². The maximum Gasteiger partial charge on any atom is 0.260 e. The zero-order chi connectivity index (χ0) is 13.9. The van der Waals surface area contributed by atoms with Crippen LogP contribution in [0.3, 0.4) is 0 Å². The normalized spacial score (nSPS) is 10.4. The Labute approximate surface area is 115 Å². The molecule has 2 heterocycles. The fourth-order valence-electron chi connectivity index (χ4n) is 2.00. The van der Waals surface area contributed by atoms with E-state index in [0.29, 0.717) is 22.9 Å². The molecular formula is C15H13N3O2. The van der Waals surface area contributed by atoms with E-state index in [-0.39, 0.29) is 5.91 Å². The number of aryl methyl sites for hydroxylation is 1. The molecule has 1 aromatic carbocycles. The molecule has 0 saturated carbocycles. The number of nitrogens with one attached hydrogen (secondary N) is 2. The fourth-order valence-corrected chi connectivity index (χ4v) is 2.00. The van der Waals surface area contributed by atoms with E-state index < -0.39 is 0 Å². The molecule has 0 saturated heterocycles. The number of aromatic nitrogens is 2. The summed E-state index contributed by atoms with van der Waals surface area (Å²) in [6, 6.07) is 13.0. The van der Waals surface area contributed by atoms with Crippen LogP contribution in [0.15, 0.2) is 53.1 Å². The summed E-state index contributed by atoms with van der Waals surface area (Å²) in [5, 5.41) is 9.23. The van der Waals surface area contributed by atoms with Gasteiger partial charge in [-0.05, 0) is 13.0 Å². The summed E-state index contributed by atoms with van der Waals surface area (Å²) in [5.74, 6) is 1.58. The average molecular weight is 267 g/mol. The SMILES string of the molecule is Cc1cc(C(=O)Nc2ccn[nH]2)c(-c2ccccc2)o1. The number of nitrogens with zero attached hydrogens (tertiary/aromatic N) is 1. The second-order valence-corrected chi connectivity index (χ2v) is 4.39. The molecule has 0 radical (unpaired) electrons. The van der Waals surface area contributed by atoms with Gasteiger partial charge in [0, 0.05) is 11.6 Å². The molecule has 2 aromatic heterocycles. The van der Waals surface area contributed by atoms with Crippen LogP contribution >= 0.6 is 0 Å². The summed E-state index contributed by atoms with van der Waals surface area (Å²) in [4.78, 5) is 12.3. The lowest BCUT2D eigenvalue weighted by Crippen LogP contribution is -2.12. The van der Waals surface area contributed by atoms with Crippen molar-refractivity contribution in [2.24, 2.45) is 0 Å². The number of aromatic amines is 1. The first-order chi connectivity index (χ1) is 9.74. The average Bonchev–Trinajstić information content (AvgIpc) is 3.09. The minimum absolute atomic E-state index is 0.232. The first kappa shape index (κ1) is 12.2. The van der Waals surface area contributed by atoms with Crippen LogP contribution < -0.4 is 5.32 Å². The first-order valence-electron chi connectivity index (χ1n) is 6.20. The highest BCUT2D eigenvalue weighted by Crippen LogP contribution is 2.27. The fraction of sp³-hybridized carbons (Fsp3) is 0.0667. The molecule has 2 N–H and O–H groups in total. The molecule has 3 aromatic rings. The predicted octanol–water partition coefficient (Wildman–Crippen LogP) is 3.23. The van der Waals surface area contributed by atoms with E-state index in [0.717, 1.165) is 5.56 Å². The molecule has 0 fully saturated rings. The molecule has 100 valence electrons. The number of anilines is 1. The van der Waals surface area contributed by atoms with E-state index >= 15 is 0 Å². The van der Waals surface area contributed by atoms with E-state index in [2.05, 4.69) is 15.5 Å². The van der Waals surface area contributed by atoms with Crippen molar-refractivity contribution < 1.29 is 9.21 Å². The Morgan fingerprint density at radius 3 is 2.75 bits per heavy atom. The molecule has 1 amide bonds. The van der Waals surface area contributed by atoms with Crippen molar-refractivity contribution in [2.75, 3.05) is 5.32 Å². The van der Waals surface area contributed by atoms with Gasteiger partial charge < -0.3 is 9.73 Å². The Morgan fingerprint density at radius 2 is 2.05 bits per heavy atom. The minimum Gasteiger partial charge on any atom is -0.461 e. The van der Waals surface area contributed by atoms with Gasteiger partial charge in [0.2, 0.25) is 0 Å². The zero-order valence-corrected chi connectivity index (χ0v) is 10.9. The van der Waals surface area contributed by atoms with Gasteiger partial charge in [0.05, 0.1) is 11.8 Å². The largest absolute Gasteiger partial charge is 0.461 e. The highest BCUT2D eigenvalue weighted by Gasteiger charge is 2.18. The van der Waals surface area contributed by atoms with Gasteiger partial charge in [0.25, 0.3) is 5.91 Å². The van der Waals surface area contributed by atoms with Crippen molar-refractivity contribution in [1.29, 1.82) is 0 Å². The molecule has 0 aliphatic carbocycles. The lowest BCUT2D eigenvalue weighted by molar-refractivity contribution is 0.102. The number of H-pyrrole nitrogens is 1. The van der Waals surface area contributed by atoms with Gasteiger partial charge >= 0.3 is 0 Å². The van der Waals surface area contributed by atoms with Gasteiger partial charge in [-0.15, -0.1) is 0 Å². The van der Waals surface area contributed by atoms with Crippen LogP contribution in [0.1, 0.15) is 16.1 Å². The van der Waals surface area contributed by atoms with Crippen molar-refractivity contribution in [3.8, 4) is 11.3 Å². The van der Waals surface area contributed by atoms with Gasteiger partial charge in [-0.2, -0.15) is 5.10 Å². The Morgan fingerprint density at radius 1 is 1.25 bits per heavy atom. The maximum absolute atomic E-state index is 12.3. The summed E-state index contributed by atoms with van der Waals surface area (Å²) in [6.07, 6.45) is 1.58. The Bertz CT molecular complexity index is 715. The molecule has 0 spiro atoms. The summed E-state index contributed by atoms with van der Waals surface area (Å²) >= 11 is 0. The summed E-state index contributed by atoms with van der Waals surface area (Å²) in [5.41, 5.74) is 1.37. The number of amides is 1. The molecule has 3 rings (SSSR count). The van der Waals surface area contributed by atoms with Gasteiger partial charge in [-0.1, -0.05) is 30.3 Å². The summed E-state index contributed by atoms with van der Waals surface area (Å²) in [6.45, 7) is 1.82. The quantitative estimate of drug-likeness (QED) is 0.765. The lowest BCUT2D eigenvalue weighted by Gasteiger charge is -2.03. The topological polar surface area (TPSA) is 70.9 Å². The summed E-state index contributed by atoms with van der Waals surface area (Å²) in [7, 11) is 0. The van der Waals surface area contributed by atoms with Crippen LogP contribution in [0, 0.1) is 6.92 Å². The van der Waals surface area contributed by atoms with Gasteiger partial charge in [-0.3, -0.25) is 9.89 Å². The zero-order valence-electron chi connectivity index (χ0n) is 10.9. The van der Waals surface area contributed by atoms with E-state index in [4.69, 9.17) is 4.42 Å². The molecule has 20 heavy (non-hydrogen) atoms. The highest BCUT2D eigenvalue weighted by atomic mass is 16.3. The third-order valence-corrected chi connectivity index (χ3v) is 2.88. The number of carbonyl (C=O) groups is 1. The van der Waals surface area contributed by atoms with E-state index in [1.54, 1.807) is 18.3 Å². The second-order valence-electron chi connectivity index (χ2n) is 4.39. The first-order valence-corrected chi connectivity index (χ1v) is 6.20. The molecule has 0 bridgehead atoms. The lowest BCUT2D eigenvalue weighted by atomic mass is 10.1. The number of carbonyl (C=O) groups excluding carboxylic acids is 1. The van der Waals surface area contributed by atoms with Crippen LogP contribution in [-0.4, -0.2) is 16.1 Å². The van der Waals surface area contributed by atoms with E-state index in [1.807, 2.05) is 37.3 Å². The number of rotatable bonds is 3. The Kier molecular flexibility index (Phi) is 3.09. The molecular weight excluding hydrogens is 254 g/mol. The number of benzene rings is 1. The molecule has 5 heteroatoms. The van der Waals surface area contributed by atoms with Crippen molar-refractivity contribution in [1.82, 2.24) is 10.2 Å². The molecule has 0 unspecified atom stereocenters. The van der Waals surface area contributed by atoms with Crippen molar-refractivity contribution in [3.05, 3.63) is 60.0 Å². The Hall–Kier alpha value is -2.82. The second kappa shape index (κ2) is 5.05. The molecule has 0 aliphatic rings.